The highest BCUT2D eigenvalue weighted by molar-refractivity contribution is 7.99. The average Bonchev–Trinajstić information content (AvgIpc) is 2.72. The van der Waals surface area contributed by atoms with Gasteiger partial charge in [-0.25, -0.2) is 9.67 Å². The van der Waals surface area contributed by atoms with Gasteiger partial charge in [0.15, 0.2) is 0 Å². The van der Waals surface area contributed by atoms with Gasteiger partial charge in [0.2, 0.25) is 5.16 Å². The van der Waals surface area contributed by atoms with Gasteiger partial charge >= 0.3 is 5.97 Å². The topological polar surface area (TPSA) is 127 Å². The van der Waals surface area contributed by atoms with E-state index >= 15 is 0 Å². The van der Waals surface area contributed by atoms with Crippen molar-refractivity contribution in [3.05, 3.63) is 21.7 Å². The van der Waals surface area contributed by atoms with E-state index < -0.39 is 18.1 Å². The van der Waals surface area contributed by atoms with Crippen LogP contribution in [0.3, 0.4) is 0 Å². The minimum Gasteiger partial charge on any atom is -0.480 e. The number of hydrogen-bond acceptors (Lipinski definition) is 7. The number of aromatic amines is 1. The number of carboxylic acid groups (broad SMARTS) is 1. The summed E-state index contributed by atoms with van der Waals surface area (Å²) in [6.07, 6.45) is 1.18. The Bertz CT molecular complexity index is 640. The van der Waals surface area contributed by atoms with Crippen molar-refractivity contribution in [1.82, 2.24) is 30.2 Å². The second-order valence-corrected chi connectivity index (χ2v) is 4.30. The Balaban J connectivity index is 2.29. The van der Waals surface area contributed by atoms with E-state index in [4.69, 9.17) is 16.7 Å². The van der Waals surface area contributed by atoms with E-state index in [9.17, 15) is 9.59 Å². The Morgan fingerprint density at radius 1 is 1.61 bits per heavy atom. The van der Waals surface area contributed by atoms with Crippen molar-refractivity contribution in [1.29, 1.82) is 0 Å². The van der Waals surface area contributed by atoms with Crippen molar-refractivity contribution in [2.24, 2.45) is 0 Å². The number of rotatable bonds is 4. The fraction of sp³-hybridized carbons (Fsp3) is 0.143. The first-order valence-electron chi connectivity index (χ1n) is 4.47. The van der Waals surface area contributed by atoms with Crippen molar-refractivity contribution >= 4 is 29.3 Å². The summed E-state index contributed by atoms with van der Waals surface area (Å²) >= 11 is 6.65. The van der Waals surface area contributed by atoms with Crippen molar-refractivity contribution in [3.63, 3.8) is 0 Å². The van der Waals surface area contributed by atoms with Crippen LogP contribution in [0.25, 0.3) is 0 Å². The molecule has 9 nitrogen and oxygen atoms in total. The molecule has 0 atom stereocenters. The van der Waals surface area contributed by atoms with Crippen LogP contribution < -0.4 is 5.56 Å². The van der Waals surface area contributed by atoms with Crippen LogP contribution in [-0.4, -0.2) is 41.3 Å². The highest BCUT2D eigenvalue weighted by Crippen LogP contribution is 2.26. The number of aromatic nitrogens is 6. The van der Waals surface area contributed by atoms with Gasteiger partial charge in [0.1, 0.15) is 16.6 Å². The predicted octanol–water partition coefficient (Wildman–Crippen LogP) is -0.354. The zero-order chi connectivity index (χ0) is 13.1. The summed E-state index contributed by atoms with van der Waals surface area (Å²) in [6, 6.07) is 0. The average molecular weight is 289 g/mol. The molecular weight excluding hydrogens is 284 g/mol. The number of tetrazole rings is 1. The molecule has 18 heavy (non-hydrogen) atoms. The number of halogens is 1. The molecule has 0 aliphatic heterocycles. The van der Waals surface area contributed by atoms with E-state index in [0.29, 0.717) is 0 Å². The summed E-state index contributed by atoms with van der Waals surface area (Å²) in [5.41, 5.74) is -0.494. The van der Waals surface area contributed by atoms with E-state index in [1.807, 2.05) is 0 Å². The normalized spacial score (nSPS) is 10.5. The standard InChI is InChI=1S/C7H5ClN6O3S/c8-4-5(17)9-2-10-6(4)18-7-11-12-13-14(7)1-3(15)16/h2H,1H2,(H,15,16)(H,9,10,17). The molecule has 0 aliphatic carbocycles. The lowest BCUT2D eigenvalue weighted by Gasteiger charge is -2.01. The summed E-state index contributed by atoms with van der Waals surface area (Å²) in [5.74, 6) is -1.09. The van der Waals surface area contributed by atoms with E-state index in [0.717, 1.165) is 16.4 Å². The van der Waals surface area contributed by atoms with Gasteiger partial charge in [-0.05, 0) is 22.2 Å². The first kappa shape index (κ1) is 12.5. The molecule has 0 bridgehead atoms. The fourth-order valence-electron chi connectivity index (χ4n) is 1.02. The van der Waals surface area contributed by atoms with Crippen molar-refractivity contribution in [2.75, 3.05) is 0 Å². The van der Waals surface area contributed by atoms with Gasteiger partial charge in [0, 0.05) is 0 Å². The maximum absolute atomic E-state index is 11.2. The SMILES string of the molecule is O=C(O)Cn1nnnc1Sc1nc[nH]c(=O)c1Cl. The molecular formula is C7H5ClN6O3S. The predicted molar refractivity (Wildman–Crippen MR) is 59.4 cm³/mol. The molecule has 2 aromatic rings. The van der Waals surface area contributed by atoms with E-state index in [1.54, 1.807) is 0 Å². The quantitative estimate of drug-likeness (QED) is 0.731. The van der Waals surface area contributed by atoms with Gasteiger partial charge in [0.05, 0.1) is 6.33 Å². The molecule has 0 unspecified atom stereocenters. The molecule has 0 spiro atoms. The number of aliphatic carboxylic acids is 1. The number of nitrogens with one attached hydrogen (secondary N) is 1. The molecule has 11 heteroatoms. The molecule has 2 heterocycles. The van der Waals surface area contributed by atoms with Crippen molar-refractivity contribution in [3.8, 4) is 0 Å². The van der Waals surface area contributed by atoms with Gasteiger partial charge in [-0.3, -0.25) is 9.59 Å². The third kappa shape index (κ3) is 2.65. The van der Waals surface area contributed by atoms with Crippen LogP contribution in [0.4, 0.5) is 0 Å². The van der Waals surface area contributed by atoms with E-state index in [-0.39, 0.29) is 15.2 Å². The second kappa shape index (κ2) is 5.14. The highest BCUT2D eigenvalue weighted by Gasteiger charge is 2.15. The first-order chi connectivity index (χ1) is 8.58. The number of carboxylic acids is 1. The zero-order valence-electron chi connectivity index (χ0n) is 8.57. The van der Waals surface area contributed by atoms with E-state index in [1.165, 1.54) is 6.33 Å². The Hall–Kier alpha value is -1.94. The van der Waals surface area contributed by atoms with Crippen LogP contribution >= 0.6 is 23.4 Å². The number of carbonyl (C=O) groups is 1. The molecule has 2 N–H and O–H groups in total. The maximum Gasteiger partial charge on any atom is 0.325 e. The Morgan fingerprint density at radius 3 is 3.11 bits per heavy atom. The smallest absolute Gasteiger partial charge is 0.325 e. The first-order valence-corrected chi connectivity index (χ1v) is 5.66. The summed E-state index contributed by atoms with van der Waals surface area (Å²) in [7, 11) is 0. The lowest BCUT2D eigenvalue weighted by molar-refractivity contribution is -0.138. The molecule has 2 rings (SSSR count). The van der Waals surface area contributed by atoms with Crippen LogP contribution in [0.2, 0.25) is 5.02 Å². The van der Waals surface area contributed by atoms with Crippen LogP contribution in [0.15, 0.2) is 21.3 Å². The maximum atomic E-state index is 11.2. The fourth-order valence-corrected chi connectivity index (χ4v) is 1.98. The lowest BCUT2D eigenvalue weighted by atomic mass is 10.6. The van der Waals surface area contributed by atoms with Gasteiger partial charge < -0.3 is 10.1 Å². The van der Waals surface area contributed by atoms with Crippen molar-refractivity contribution in [2.45, 2.75) is 16.7 Å². The molecule has 2 aromatic heterocycles. The molecule has 0 amide bonds. The largest absolute Gasteiger partial charge is 0.480 e. The molecule has 0 saturated carbocycles. The number of hydrogen-bond donors (Lipinski definition) is 2. The van der Waals surface area contributed by atoms with Gasteiger partial charge in [0.25, 0.3) is 5.56 Å². The second-order valence-electron chi connectivity index (χ2n) is 2.97. The molecule has 0 fully saturated rings. The Kier molecular flexibility index (Phi) is 3.58. The zero-order valence-corrected chi connectivity index (χ0v) is 10.1. The monoisotopic (exact) mass is 288 g/mol. The van der Waals surface area contributed by atoms with Crippen LogP contribution in [0.5, 0.6) is 0 Å². The molecule has 0 aromatic carbocycles. The lowest BCUT2D eigenvalue weighted by Crippen LogP contribution is -2.12. The van der Waals surface area contributed by atoms with Crippen LogP contribution in [0, 0.1) is 0 Å². The summed E-state index contributed by atoms with van der Waals surface area (Å²) in [4.78, 5) is 28.0. The summed E-state index contributed by atoms with van der Waals surface area (Å²) < 4.78 is 1.06. The molecule has 0 saturated heterocycles. The summed E-state index contributed by atoms with van der Waals surface area (Å²) in [5, 5.41) is 19.4. The third-order valence-electron chi connectivity index (χ3n) is 1.74. The minimum atomic E-state index is -1.09. The van der Waals surface area contributed by atoms with Crippen LogP contribution in [0.1, 0.15) is 0 Å². The molecule has 0 aliphatic rings. The van der Waals surface area contributed by atoms with Gasteiger partial charge in [-0.2, -0.15) is 0 Å². The summed E-state index contributed by atoms with van der Waals surface area (Å²) in [6.45, 7) is -0.393. The van der Waals surface area contributed by atoms with Crippen molar-refractivity contribution < 1.29 is 9.90 Å². The Morgan fingerprint density at radius 2 is 2.39 bits per heavy atom. The van der Waals surface area contributed by atoms with E-state index in [2.05, 4.69) is 25.5 Å². The molecule has 94 valence electrons. The van der Waals surface area contributed by atoms with Crippen LogP contribution in [-0.2, 0) is 11.3 Å². The highest BCUT2D eigenvalue weighted by atomic mass is 35.5. The third-order valence-corrected chi connectivity index (χ3v) is 3.18. The minimum absolute atomic E-state index is 0.104. The molecule has 0 radical (unpaired) electrons. The number of nitrogens with zero attached hydrogens (tertiary/aromatic N) is 5. The van der Waals surface area contributed by atoms with Gasteiger partial charge in [-0.1, -0.05) is 11.6 Å². The number of H-pyrrole nitrogens is 1. The Labute approximate surface area is 108 Å². The van der Waals surface area contributed by atoms with Gasteiger partial charge in [-0.15, -0.1) is 5.10 Å².